The van der Waals surface area contributed by atoms with E-state index in [0.717, 1.165) is 0 Å². The first kappa shape index (κ1) is 50.9. The SMILES string of the molecule is CC(C)C[C@H](NC(=O)[C@H](CCCN=C(N)N)NC(=O)[C@H](C)NC(=O)[C@H](CCCCN)NC(=O)[C@H](CC(C)C)NC(=O)[C@@H](N)CC(=O)O)C(=O)N[C@@H](CO)C(=O)O. The zero-order valence-electron chi connectivity index (χ0n) is 32.8. The van der Waals surface area contributed by atoms with Crippen LogP contribution in [0.2, 0.25) is 0 Å². The first-order valence-electron chi connectivity index (χ1n) is 18.5. The van der Waals surface area contributed by atoms with E-state index in [2.05, 4.69) is 36.9 Å². The van der Waals surface area contributed by atoms with Crippen LogP contribution in [0.5, 0.6) is 0 Å². The molecule has 0 heterocycles. The molecule has 0 aliphatic heterocycles. The highest BCUT2D eigenvalue weighted by molar-refractivity contribution is 5.97. The van der Waals surface area contributed by atoms with Crippen molar-refractivity contribution in [2.24, 2.45) is 39.8 Å². The van der Waals surface area contributed by atoms with Gasteiger partial charge in [-0.1, -0.05) is 27.7 Å². The molecule has 0 aliphatic carbocycles. The van der Waals surface area contributed by atoms with Crippen LogP contribution in [0.25, 0.3) is 0 Å². The van der Waals surface area contributed by atoms with Gasteiger partial charge in [-0.2, -0.15) is 0 Å². The van der Waals surface area contributed by atoms with Crippen LogP contribution in [-0.2, 0) is 38.4 Å². The summed E-state index contributed by atoms with van der Waals surface area (Å²) in [5, 5.41) is 42.5. The molecule has 0 saturated carbocycles. The Hall–Kier alpha value is -5.09. The smallest absolute Gasteiger partial charge is 0.328 e. The zero-order valence-corrected chi connectivity index (χ0v) is 32.8. The number of rotatable bonds is 28. The van der Waals surface area contributed by atoms with E-state index in [1.54, 1.807) is 27.7 Å². The van der Waals surface area contributed by atoms with Gasteiger partial charge in [-0.3, -0.25) is 38.6 Å². The van der Waals surface area contributed by atoms with Gasteiger partial charge < -0.3 is 70.2 Å². The number of nitrogens with one attached hydrogen (secondary N) is 6. The van der Waals surface area contributed by atoms with Gasteiger partial charge in [0.15, 0.2) is 5.96 Å². The molecule has 0 bridgehead atoms. The van der Waals surface area contributed by atoms with E-state index in [9.17, 15) is 48.6 Å². The van der Waals surface area contributed by atoms with Gasteiger partial charge in [0.2, 0.25) is 35.4 Å². The summed E-state index contributed by atoms with van der Waals surface area (Å²) in [6, 6.07) is -9.25. The van der Waals surface area contributed by atoms with Crippen LogP contribution in [0.1, 0.15) is 86.0 Å². The van der Waals surface area contributed by atoms with Crippen molar-refractivity contribution in [3.05, 3.63) is 0 Å². The van der Waals surface area contributed by atoms with Crippen LogP contribution in [-0.4, -0.2) is 131 Å². The van der Waals surface area contributed by atoms with E-state index in [0.29, 0.717) is 19.4 Å². The van der Waals surface area contributed by atoms with Gasteiger partial charge in [0, 0.05) is 6.54 Å². The number of aliphatic carboxylic acids is 2. The van der Waals surface area contributed by atoms with E-state index in [4.69, 9.17) is 28.0 Å². The second kappa shape index (κ2) is 26.7. The average Bonchev–Trinajstić information content (AvgIpc) is 3.09. The molecule has 0 rings (SSSR count). The first-order chi connectivity index (χ1) is 26.1. The molecule has 0 saturated heterocycles. The minimum absolute atomic E-state index is 0.0315. The second-order valence-electron chi connectivity index (χ2n) is 14.3. The third-order valence-corrected chi connectivity index (χ3v) is 8.12. The summed E-state index contributed by atoms with van der Waals surface area (Å²) in [6.07, 6.45) is 0.676. The molecule has 6 amide bonds. The molecule has 22 nitrogen and oxygen atoms in total. The summed E-state index contributed by atoms with van der Waals surface area (Å²) in [6.45, 7) is 7.90. The number of nitrogens with zero attached hydrogens (tertiary/aromatic N) is 1. The average molecular weight is 802 g/mol. The van der Waals surface area contributed by atoms with Crippen molar-refractivity contribution < 1.29 is 53.7 Å². The highest BCUT2D eigenvalue weighted by Crippen LogP contribution is 2.10. The van der Waals surface area contributed by atoms with Crippen molar-refractivity contribution in [1.82, 2.24) is 31.9 Å². The summed E-state index contributed by atoms with van der Waals surface area (Å²) < 4.78 is 0. The summed E-state index contributed by atoms with van der Waals surface area (Å²) >= 11 is 0. The number of hydrogen-bond donors (Lipinski definition) is 13. The summed E-state index contributed by atoms with van der Waals surface area (Å²) in [7, 11) is 0. The van der Waals surface area contributed by atoms with E-state index >= 15 is 0 Å². The fourth-order valence-electron chi connectivity index (χ4n) is 5.18. The van der Waals surface area contributed by atoms with Crippen molar-refractivity contribution in [2.75, 3.05) is 19.7 Å². The van der Waals surface area contributed by atoms with Gasteiger partial charge in [0.1, 0.15) is 36.3 Å². The lowest BCUT2D eigenvalue weighted by atomic mass is 10.0. The number of unbranched alkanes of at least 4 members (excludes halogenated alkanes) is 1. The molecule has 22 heteroatoms. The number of carbonyl (C=O) groups excluding carboxylic acids is 6. The number of nitrogens with two attached hydrogens (primary N) is 4. The number of carbonyl (C=O) groups is 8. The Morgan fingerprint density at radius 2 is 1.02 bits per heavy atom. The third kappa shape index (κ3) is 21.1. The lowest BCUT2D eigenvalue weighted by Gasteiger charge is -2.27. The van der Waals surface area contributed by atoms with Crippen LogP contribution < -0.4 is 54.8 Å². The van der Waals surface area contributed by atoms with Crippen molar-refractivity contribution in [1.29, 1.82) is 0 Å². The number of aliphatic imine (C=N–C) groups is 1. The summed E-state index contributed by atoms with van der Waals surface area (Å²) in [5.41, 5.74) is 22.1. The van der Waals surface area contributed by atoms with Crippen LogP contribution >= 0.6 is 0 Å². The standard InChI is InChI=1S/C34H63N11O11/c1-17(2)13-23(43-28(50)20(36)15-26(47)48)31(53)42-21(9-6-7-11-35)29(51)40-19(5)27(49)41-22(10-8-12-39-34(37)38)30(52)44-24(14-18(3)4)32(54)45-25(16-46)33(55)56/h17-25,46H,6-16,35-36H2,1-5H3,(H,40,51)(H,41,49)(H,42,53)(H,43,50)(H,44,52)(H,45,54)(H,47,48)(H,55,56)(H4,37,38,39)/t19-,20-,21-,22-,23-,24-,25-/m0/s1. The molecule has 7 atom stereocenters. The molecule has 0 aliphatic rings. The normalized spacial score (nSPS) is 14.8. The van der Waals surface area contributed by atoms with E-state index in [1.165, 1.54) is 6.92 Å². The Morgan fingerprint density at radius 3 is 1.46 bits per heavy atom. The van der Waals surface area contributed by atoms with Crippen molar-refractivity contribution in [3.63, 3.8) is 0 Å². The van der Waals surface area contributed by atoms with E-state index in [1.807, 2.05) is 0 Å². The van der Waals surface area contributed by atoms with Gasteiger partial charge in [0.25, 0.3) is 0 Å². The monoisotopic (exact) mass is 801 g/mol. The summed E-state index contributed by atoms with van der Waals surface area (Å²) in [5.74, 6) is -8.16. The Bertz CT molecular complexity index is 1360. The molecule has 0 radical (unpaired) electrons. The van der Waals surface area contributed by atoms with Crippen LogP contribution in [0, 0.1) is 11.8 Å². The second-order valence-corrected chi connectivity index (χ2v) is 14.3. The molecule has 0 unspecified atom stereocenters. The fourth-order valence-corrected chi connectivity index (χ4v) is 5.18. The minimum atomic E-state index is -1.63. The highest BCUT2D eigenvalue weighted by atomic mass is 16.4. The Labute approximate surface area is 326 Å². The van der Waals surface area contributed by atoms with Gasteiger partial charge in [-0.05, 0) is 70.3 Å². The molecule has 320 valence electrons. The van der Waals surface area contributed by atoms with E-state index < -0.39 is 103 Å². The summed E-state index contributed by atoms with van der Waals surface area (Å²) in [4.78, 5) is 106. The number of carboxylic acids is 2. The predicted octanol–water partition coefficient (Wildman–Crippen LogP) is -3.93. The van der Waals surface area contributed by atoms with Crippen molar-refractivity contribution in [2.45, 2.75) is 128 Å². The van der Waals surface area contributed by atoms with Crippen LogP contribution in [0.15, 0.2) is 4.99 Å². The van der Waals surface area contributed by atoms with Gasteiger partial charge >= 0.3 is 11.9 Å². The Balaban J connectivity index is 6.15. The number of aliphatic hydroxyl groups is 1. The number of carboxylic acid groups (broad SMARTS) is 2. The maximum absolute atomic E-state index is 13.6. The molecular formula is C34H63N11O11. The van der Waals surface area contributed by atoms with Crippen molar-refractivity contribution in [3.8, 4) is 0 Å². The van der Waals surface area contributed by atoms with Gasteiger partial charge in [-0.15, -0.1) is 0 Å². The lowest BCUT2D eigenvalue weighted by molar-refractivity contribution is -0.143. The van der Waals surface area contributed by atoms with Crippen LogP contribution in [0.3, 0.4) is 0 Å². The number of aliphatic hydroxyl groups excluding tert-OH is 1. The third-order valence-electron chi connectivity index (χ3n) is 8.12. The maximum Gasteiger partial charge on any atom is 0.328 e. The first-order valence-corrected chi connectivity index (χ1v) is 18.5. The number of amides is 6. The Kier molecular flexibility index (Phi) is 24.2. The van der Waals surface area contributed by atoms with Gasteiger partial charge in [-0.25, -0.2) is 4.79 Å². The molecule has 0 aromatic heterocycles. The number of guanidine groups is 1. The molecule has 0 spiro atoms. The topological polar surface area (TPSA) is 386 Å². The molecular weight excluding hydrogens is 738 g/mol. The molecule has 0 fully saturated rings. The maximum atomic E-state index is 13.6. The molecule has 0 aromatic rings. The molecule has 0 aromatic carbocycles. The van der Waals surface area contributed by atoms with E-state index in [-0.39, 0.29) is 56.4 Å². The lowest BCUT2D eigenvalue weighted by Crippen LogP contribution is -2.59. The predicted molar refractivity (Wildman–Crippen MR) is 204 cm³/mol. The quantitative estimate of drug-likeness (QED) is 0.0204. The van der Waals surface area contributed by atoms with Crippen molar-refractivity contribution >= 4 is 53.3 Å². The minimum Gasteiger partial charge on any atom is -0.481 e. The number of hydrogen-bond acceptors (Lipinski definition) is 12. The molecule has 56 heavy (non-hydrogen) atoms. The van der Waals surface area contributed by atoms with Crippen LogP contribution in [0.4, 0.5) is 0 Å². The largest absolute Gasteiger partial charge is 0.481 e. The Morgan fingerprint density at radius 1 is 0.589 bits per heavy atom. The zero-order chi connectivity index (χ0) is 43.1. The highest BCUT2D eigenvalue weighted by Gasteiger charge is 2.33. The molecule has 17 N–H and O–H groups in total. The fraction of sp³-hybridized carbons (Fsp3) is 0.735. The van der Waals surface area contributed by atoms with Gasteiger partial charge in [0.05, 0.1) is 19.1 Å².